The molecule has 2 N–H and O–H groups in total. The molecule has 3 aromatic rings. The van der Waals surface area contributed by atoms with Crippen molar-refractivity contribution in [3.63, 3.8) is 0 Å². The van der Waals surface area contributed by atoms with Gasteiger partial charge in [-0.1, -0.05) is 35.9 Å². The zero-order chi connectivity index (χ0) is 19.6. The highest BCUT2D eigenvalue weighted by Gasteiger charge is 2.18. The van der Waals surface area contributed by atoms with Crippen LogP contribution >= 0.6 is 11.6 Å². The monoisotopic (exact) mass is 385 g/mol. The molecule has 0 atom stereocenters. The second-order valence-electron chi connectivity index (χ2n) is 5.82. The van der Waals surface area contributed by atoms with Crippen LogP contribution in [0.4, 0.5) is 0 Å². The van der Waals surface area contributed by atoms with E-state index < -0.39 is 17.5 Å². The van der Waals surface area contributed by atoms with Gasteiger partial charge >= 0.3 is 5.97 Å². The molecule has 6 nitrogen and oxygen atoms in total. The zero-order valence-electron chi connectivity index (χ0n) is 14.3. The van der Waals surface area contributed by atoms with Gasteiger partial charge in [0, 0.05) is 29.4 Å². The first-order valence-corrected chi connectivity index (χ1v) is 8.37. The highest BCUT2D eigenvalue weighted by molar-refractivity contribution is 6.38. The fraction of sp³-hybridized carbons (Fsp3) is 0.100. The molecule has 0 aliphatic carbocycles. The van der Waals surface area contributed by atoms with Gasteiger partial charge in [-0.05, 0) is 23.8 Å². The van der Waals surface area contributed by atoms with Gasteiger partial charge in [0.25, 0.3) is 5.78 Å². The van der Waals surface area contributed by atoms with Crippen LogP contribution in [-0.2, 0) is 16.1 Å². The molecule has 2 aromatic carbocycles. The van der Waals surface area contributed by atoms with Crippen LogP contribution in [0.3, 0.4) is 0 Å². The number of hydrogen-bond donors (Lipinski definition) is 2. The van der Waals surface area contributed by atoms with E-state index in [9.17, 15) is 14.7 Å². The third-order valence-corrected chi connectivity index (χ3v) is 4.51. The van der Waals surface area contributed by atoms with Gasteiger partial charge < -0.3 is 19.5 Å². The number of fused-ring (bicyclic) bond motifs is 1. The second kappa shape index (κ2) is 7.55. The molecule has 0 amide bonds. The number of methoxy groups -OCH3 is 1. The number of benzene rings is 2. The van der Waals surface area contributed by atoms with Crippen LogP contribution in [-0.4, -0.2) is 33.6 Å². The summed E-state index contributed by atoms with van der Waals surface area (Å²) in [6.45, 7) is 0.420. The van der Waals surface area contributed by atoms with E-state index in [0.29, 0.717) is 34.3 Å². The molecule has 3 rings (SSSR count). The Balaban J connectivity index is 2.18. The molecule has 27 heavy (non-hydrogen) atoms. The molecule has 0 radical (unpaired) electrons. The summed E-state index contributed by atoms with van der Waals surface area (Å²) in [5.41, 5.74) is 1.91. The highest BCUT2D eigenvalue weighted by atomic mass is 35.5. The maximum Gasteiger partial charge on any atom is 0.376 e. The Morgan fingerprint density at radius 2 is 1.89 bits per heavy atom. The molecule has 0 unspecified atom stereocenters. The first kappa shape index (κ1) is 18.5. The Morgan fingerprint density at radius 3 is 2.56 bits per heavy atom. The van der Waals surface area contributed by atoms with Crippen LogP contribution < -0.4 is 4.74 Å². The summed E-state index contributed by atoms with van der Waals surface area (Å²) in [5.74, 6) is -2.82. The number of nitrogens with zero attached hydrogens (tertiary/aromatic N) is 1. The number of aliphatic carboxylic acids is 1. The largest absolute Gasteiger partial charge is 0.507 e. The highest BCUT2D eigenvalue weighted by Crippen LogP contribution is 2.34. The van der Waals surface area contributed by atoms with Crippen LogP contribution in [0.5, 0.6) is 5.75 Å². The lowest BCUT2D eigenvalue weighted by Gasteiger charge is -2.08. The van der Waals surface area contributed by atoms with Gasteiger partial charge in [-0.15, -0.1) is 0 Å². The Labute approximate surface area is 159 Å². The number of rotatable bonds is 6. The molecule has 0 aliphatic rings. The third kappa shape index (κ3) is 3.66. The summed E-state index contributed by atoms with van der Waals surface area (Å²) in [4.78, 5) is 22.3. The Bertz CT molecular complexity index is 1070. The molecule has 7 heteroatoms. The number of ketones is 1. The average Bonchev–Trinajstić information content (AvgIpc) is 3.02. The topological polar surface area (TPSA) is 88.8 Å². The normalized spacial score (nSPS) is 11.6. The average molecular weight is 386 g/mol. The lowest BCUT2D eigenvalue weighted by molar-refractivity contribution is -0.146. The lowest BCUT2D eigenvalue weighted by atomic mass is 10.1. The number of halogens is 1. The van der Waals surface area contributed by atoms with E-state index in [1.54, 1.807) is 24.4 Å². The van der Waals surface area contributed by atoms with Crippen LogP contribution in [0.15, 0.2) is 54.7 Å². The predicted molar refractivity (Wildman–Crippen MR) is 102 cm³/mol. The van der Waals surface area contributed by atoms with E-state index in [0.717, 1.165) is 11.1 Å². The molecule has 0 saturated carbocycles. The number of carboxylic acid groups (broad SMARTS) is 1. The molecule has 0 fully saturated rings. The minimum Gasteiger partial charge on any atom is -0.507 e. The number of ether oxygens (including phenoxy) is 1. The maximum absolute atomic E-state index is 11.5. The van der Waals surface area contributed by atoms with Crippen LogP contribution in [0.25, 0.3) is 16.7 Å². The first-order valence-electron chi connectivity index (χ1n) is 8.00. The van der Waals surface area contributed by atoms with E-state index in [-0.39, 0.29) is 0 Å². The minimum atomic E-state index is -1.65. The SMILES string of the molecule is COc1cccc2c1c(/C(O)=C/C(=O)C(=O)O)cn2Cc1ccccc1Cl. The van der Waals surface area contributed by atoms with Crippen molar-refractivity contribution in [3.05, 3.63) is 70.9 Å². The fourth-order valence-electron chi connectivity index (χ4n) is 2.89. The second-order valence-corrected chi connectivity index (χ2v) is 6.22. The van der Waals surface area contributed by atoms with E-state index >= 15 is 0 Å². The van der Waals surface area contributed by atoms with E-state index in [1.807, 2.05) is 28.8 Å². The van der Waals surface area contributed by atoms with Crippen LogP contribution in [0, 0.1) is 0 Å². The minimum absolute atomic E-state index is 0.295. The predicted octanol–water partition coefficient (Wildman–Crippen LogP) is 3.90. The number of carboxylic acids is 1. The molecule has 0 aliphatic heterocycles. The molecule has 1 heterocycles. The molecule has 0 bridgehead atoms. The molecular weight excluding hydrogens is 370 g/mol. The van der Waals surface area contributed by atoms with Gasteiger partial charge in [-0.25, -0.2) is 4.79 Å². The first-order chi connectivity index (χ1) is 12.9. The Morgan fingerprint density at radius 1 is 1.15 bits per heavy atom. The molecule has 1 aromatic heterocycles. The van der Waals surface area contributed by atoms with Gasteiger partial charge in [-0.3, -0.25) is 4.79 Å². The van der Waals surface area contributed by atoms with Crippen LogP contribution in [0.1, 0.15) is 11.1 Å². The van der Waals surface area contributed by atoms with Crippen molar-refractivity contribution in [1.29, 1.82) is 0 Å². The Hall–Kier alpha value is -3.25. The molecule has 138 valence electrons. The molecular formula is C20H16ClNO5. The summed E-state index contributed by atoms with van der Waals surface area (Å²) in [6.07, 6.45) is 2.32. The lowest BCUT2D eigenvalue weighted by Crippen LogP contribution is -2.09. The third-order valence-electron chi connectivity index (χ3n) is 4.14. The van der Waals surface area contributed by atoms with Crippen molar-refractivity contribution in [3.8, 4) is 5.75 Å². The number of aromatic nitrogens is 1. The van der Waals surface area contributed by atoms with Crippen molar-refractivity contribution in [2.45, 2.75) is 6.54 Å². The quantitative estimate of drug-likeness (QED) is 0.381. The maximum atomic E-state index is 11.5. The van der Waals surface area contributed by atoms with Crippen molar-refractivity contribution < 1.29 is 24.5 Å². The van der Waals surface area contributed by atoms with Crippen molar-refractivity contribution in [1.82, 2.24) is 4.57 Å². The van der Waals surface area contributed by atoms with Crippen molar-refractivity contribution >= 4 is 40.0 Å². The number of aliphatic hydroxyl groups is 1. The van der Waals surface area contributed by atoms with Gasteiger partial charge in [0.2, 0.25) is 0 Å². The number of hydrogen-bond acceptors (Lipinski definition) is 4. The summed E-state index contributed by atoms with van der Waals surface area (Å²) >= 11 is 6.25. The molecule has 0 spiro atoms. The van der Waals surface area contributed by atoms with Crippen molar-refractivity contribution in [2.75, 3.05) is 7.11 Å². The standard InChI is InChI=1S/C20H16ClNO5/c1-27-18-8-4-7-15-19(18)13(16(23)9-17(24)20(25)26)11-22(15)10-12-5-2-3-6-14(12)21/h2-9,11,23H,10H2,1H3,(H,25,26)/b16-9-. The van der Waals surface area contributed by atoms with E-state index in [4.69, 9.17) is 21.4 Å². The van der Waals surface area contributed by atoms with Crippen LogP contribution in [0.2, 0.25) is 5.02 Å². The molecule has 0 saturated heterocycles. The summed E-state index contributed by atoms with van der Waals surface area (Å²) in [7, 11) is 1.49. The number of carbonyl (C=O) groups excluding carboxylic acids is 1. The van der Waals surface area contributed by atoms with Gasteiger partial charge in [0.05, 0.1) is 18.0 Å². The van der Waals surface area contributed by atoms with E-state index in [1.165, 1.54) is 7.11 Å². The Kier molecular flexibility index (Phi) is 5.19. The fourth-order valence-corrected chi connectivity index (χ4v) is 3.08. The van der Waals surface area contributed by atoms with Gasteiger partial charge in [0.1, 0.15) is 11.5 Å². The zero-order valence-corrected chi connectivity index (χ0v) is 15.1. The number of aliphatic hydroxyl groups excluding tert-OH is 1. The van der Waals surface area contributed by atoms with E-state index in [2.05, 4.69) is 0 Å². The number of carbonyl (C=O) groups is 2. The summed E-state index contributed by atoms with van der Waals surface area (Å²) in [6, 6.07) is 12.7. The van der Waals surface area contributed by atoms with Crippen molar-refractivity contribution in [2.24, 2.45) is 0 Å². The smallest absolute Gasteiger partial charge is 0.376 e. The van der Waals surface area contributed by atoms with Gasteiger partial charge in [0.15, 0.2) is 0 Å². The summed E-state index contributed by atoms with van der Waals surface area (Å²) < 4.78 is 7.23. The summed E-state index contributed by atoms with van der Waals surface area (Å²) in [5, 5.41) is 20.3. The van der Waals surface area contributed by atoms with Gasteiger partial charge in [-0.2, -0.15) is 0 Å².